The van der Waals surface area contributed by atoms with Gasteiger partial charge >= 0.3 is 0 Å². The van der Waals surface area contributed by atoms with E-state index in [0.29, 0.717) is 5.02 Å². The van der Waals surface area contributed by atoms with Crippen molar-refractivity contribution in [3.63, 3.8) is 0 Å². The molecule has 0 spiro atoms. The highest BCUT2D eigenvalue weighted by Gasteiger charge is 2.11. The Labute approximate surface area is 89.9 Å². The number of benzene rings is 1. The molecule has 1 aromatic carbocycles. The number of hydrogen-bond donors (Lipinski definition) is 2. The molecule has 1 rings (SSSR count). The molecule has 0 bridgehead atoms. The molecule has 0 aliphatic carbocycles. The molecule has 1 atom stereocenters. The third-order valence-electron chi connectivity index (χ3n) is 2.10. The fourth-order valence-electron chi connectivity index (χ4n) is 1.35. The summed E-state index contributed by atoms with van der Waals surface area (Å²) in [5.74, 6) is 0. The van der Waals surface area contributed by atoms with Crippen molar-refractivity contribution in [2.24, 2.45) is 0 Å². The molecule has 0 saturated carbocycles. The fraction of sp³-hybridized carbons (Fsp3) is 0.455. The maximum Gasteiger partial charge on any atom is 0.0627 e. The number of halogens is 1. The number of nitrogens with one attached hydrogen (secondary N) is 1. The maximum atomic E-state index is 9.21. The molecule has 0 fully saturated rings. The summed E-state index contributed by atoms with van der Waals surface area (Å²) in [6.07, 6.45) is 1.04. The summed E-state index contributed by atoms with van der Waals surface area (Å²) in [6.45, 7) is 3.05. The molecule has 0 saturated heterocycles. The van der Waals surface area contributed by atoms with Crippen LogP contribution in [0.5, 0.6) is 0 Å². The Kier molecular flexibility index (Phi) is 4.94. The molecular formula is C11H16ClNO. The first kappa shape index (κ1) is 11.5. The van der Waals surface area contributed by atoms with Crippen molar-refractivity contribution in [3.8, 4) is 0 Å². The van der Waals surface area contributed by atoms with Gasteiger partial charge < -0.3 is 10.4 Å². The van der Waals surface area contributed by atoms with Gasteiger partial charge in [0.25, 0.3) is 0 Å². The lowest BCUT2D eigenvalue weighted by molar-refractivity contribution is 0.245. The first-order chi connectivity index (χ1) is 6.79. The van der Waals surface area contributed by atoms with E-state index < -0.39 is 0 Å². The van der Waals surface area contributed by atoms with E-state index in [9.17, 15) is 5.11 Å². The van der Waals surface area contributed by atoms with Gasteiger partial charge in [-0.2, -0.15) is 0 Å². The quantitative estimate of drug-likeness (QED) is 0.787. The van der Waals surface area contributed by atoms with Crippen molar-refractivity contribution >= 4 is 11.6 Å². The van der Waals surface area contributed by atoms with Crippen LogP contribution in [0.15, 0.2) is 24.3 Å². The topological polar surface area (TPSA) is 32.3 Å². The summed E-state index contributed by atoms with van der Waals surface area (Å²) in [6, 6.07) is 7.54. The number of rotatable bonds is 5. The second-order valence-electron chi connectivity index (χ2n) is 3.21. The molecule has 3 heteroatoms. The van der Waals surface area contributed by atoms with Crippen molar-refractivity contribution < 1.29 is 5.11 Å². The number of aliphatic hydroxyl groups is 1. The lowest BCUT2D eigenvalue weighted by Crippen LogP contribution is -2.25. The molecule has 2 nitrogen and oxygen atoms in total. The Bertz CT molecular complexity index is 278. The van der Waals surface area contributed by atoms with Crippen molar-refractivity contribution in [1.82, 2.24) is 5.32 Å². The lowest BCUT2D eigenvalue weighted by atomic mass is 10.1. The van der Waals surface area contributed by atoms with Crippen LogP contribution in [0.2, 0.25) is 5.02 Å². The molecule has 0 heterocycles. The number of hydrogen-bond acceptors (Lipinski definition) is 2. The average Bonchev–Trinajstić information content (AvgIpc) is 2.21. The molecule has 14 heavy (non-hydrogen) atoms. The SMILES string of the molecule is CCCNC(CO)c1ccccc1Cl. The summed E-state index contributed by atoms with van der Waals surface area (Å²) < 4.78 is 0. The first-order valence-electron chi connectivity index (χ1n) is 4.88. The second kappa shape index (κ2) is 6.02. The van der Waals surface area contributed by atoms with Gasteiger partial charge in [-0.25, -0.2) is 0 Å². The Morgan fingerprint density at radius 2 is 2.14 bits per heavy atom. The Morgan fingerprint density at radius 1 is 1.43 bits per heavy atom. The van der Waals surface area contributed by atoms with Crippen LogP contribution >= 0.6 is 11.6 Å². The van der Waals surface area contributed by atoms with E-state index in [1.807, 2.05) is 24.3 Å². The van der Waals surface area contributed by atoms with Crippen LogP contribution in [0.1, 0.15) is 24.9 Å². The van der Waals surface area contributed by atoms with E-state index in [4.69, 9.17) is 11.6 Å². The van der Waals surface area contributed by atoms with E-state index >= 15 is 0 Å². The van der Waals surface area contributed by atoms with Gasteiger partial charge in [-0.1, -0.05) is 36.7 Å². The van der Waals surface area contributed by atoms with Crippen LogP contribution < -0.4 is 5.32 Å². The predicted octanol–water partition coefficient (Wildman–Crippen LogP) is 2.37. The Morgan fingerprint density at radius 3 is 2.71 bits per heavy atom. The third-order valence-corrected chi connectivity index (χ3v) is 2.45. The highest BCUT2D eigenvalue weighted by Crippen LogP contribution is 2.21. The summed E-state index contributed by atoms with van der Waals surface area (Å²) in [5, 5.41) is 13.2. The Balaban J connectivity index is 2.73. The summed E-state index contributed by atoms with van der Waals surface area (Å²) in [4.78, 5) is 0. The van der Waals surface area contributed by atoms with Gasteiger partial charge in [0.1, 0.15) is 0 Å². The maximum absolute atomic E-state index is 9.21. The van der Waals surface area contributed by atoms with Crippen LogP contribution in [-0.2, 0) is 0 Å². The zero-order valence-electron chi connectivity index (χ0n) is 8.33. The standard InChI is InChI=1S/C11H16ClNO/c1-2-7-13-11(8-14)9-5-3-4-6-10(9)12/h3-6,11,13-14H,2,7-8H2,1H3. The minimum absolute atomic E-state index is 0.0522. The summed E-state index contributed by atoms with van der Waals surface area (Å²) in [7, 11) is 0. The van der Waals surface area contributed by atoms with Crippen LogP contribution in [-0.4, -0.2) is 18.3 Å². The van der Waals surface area contributed by atoms with Crippen LogP contribution in [0.25, 0.3) is 0 Å². The summed E-state index contributed by atoms with van der Waals surface area (Å²) in [5.41, 5.74) is 0.963. The highest BCUT2D eigenvalue weighted by atomic mass is 35.5. The van der Waals surface area contributed by atoms with Crippen molar-refractivity contribution in [2.45, 2.75) is 19.4 Å². The van der Waals surface area contributed by atoms with Crippen molar-refractivity contribution in [3.05, 3.63) is 34.9 Å². The van der Waals surface area contributed by atoms with Gasteiger partial charge in [0.05, 0.1) is 12.6 Å². The van der Waals surface area contributed by atoms with Gasteiger partial charge in [-0.15, -0.1) is 0 Å². The zero-order chi connectivity index (χ0) is 10.4. The van der Waals surface area contributed by atoms with E-state index in [0.717, 1.165) is 18.5 Å². The van der Waals surface area contributed by atoms with Crippen LogP contribution in [0.4, 0.5) is 0 Å². The summed E-state index contributed by atoms with van der Waals surface area (Å²) >= 11 is 6.03. The van der Waals surface area contributed by atoms with E-state index in [1.54, 1.807) is 0 Å². The molecular weight excluding hydrogens is 198 g/mol. The Hall–Kier alpha value is -0.570. The average molecular weight is 214 g/mol. The molecule has 2 N–H and O–H groups in total. The second-order valence-corrected chi connectivity index (χ2v) is 3.62. The highest BCUT2D eigenvalue weighted by molar-refractivity contribution is 6.31. The smallest absolute Gasteiger partial charge is 0.0627 e. The van der Waals surface area contributed by atoms with E-state index in [2.05, 4.69) is 12.2 Å². The lowest BCUT2D eigenvalue weighted by Gasteiger charge is -2.17. The monoisotopic (exact) mass is 213 g/mol. The van der Waals surface area contributed by atoms with Crippen molar-refractivity contribution in [1.29, 1.82) is 0 Å². The zero-order valence-corrected chi connectivity index (χ0v) is 9.09. The molecule has 0 amide bonds. The van der Waals surface area contributed by atoms with Crippen molar-refractivity contribution in [2.75, 3.05) is 13.2 Å². The van der Waals surface area contributed by atoms with Gasteiger partial charge in [0, 0.05) is 5.02 Å². The molecule has 0 aromatic heterocycles. The van der Waals surface area contributed by atoms with E-state index in [1.165, 1.54) is 0 Å². The largest absolute Gasteiger partial charge is 0.394 e. The first-order valence-corrected chi connectivity index (χ1v) is 5.26. The normalized spacial score (nSPS) is 12.8. The molecule has 78 valence electrons. The van der Waals surface area contributed by atoms with Gasteiger partial charge in [0.15, 0.2) is 0 Å². The molecule has 1 aromatic rings. The van der Waals surface area contributed by atoms with Gasteiger partial charge in [-0.3, -0.25) is 0 Å². The molecule has 1 unspecified atom stereocenters. The number of aliphatic hydroxyl groups excluding tert-OH is 1. The molecule has 0 radical (unpaired) electrons. The minimum Gasteiger partial charge on any atom is -0.394 e. The van der Waals surface area contributed by atoms with E-state index in [-0.39, 0.29) is 12.6 Å². The third kappa shape index (κ3) is 2.98. The van der Waals surface area contributed by atoms with Gasteiger partial charge in [0.2, 0.25) is 0 Å². The minimum atomic E-state index is -0.0522. The molecule has 0 aliphatic heterocycles. The van der Waals surface area contributed by atoms with Crippen LogP contribution in [0.3, 0.4) is 0 Å². The fourth-order valence-corrected chi connectivity index (χ4v) is 1.62. The van der Waals surface area contributed by atoms with Gasteiger partial charge in [-0.05, 0) is 24.6 Å². The van der Waals surface area contributed by atoms with Crippen LogP contribution in [0, 0.1) is 0 Å². The predicted molar refractivity (Wildman–Crippen MR) is 59.6 cm³/mol. The molecule has 0 aliphatic rings.